The van der Waals surface area contributed by atoms with Gasteiger partial charge in [0, 0.05) is 12.8 Å². The molecule has 0 rings (SSSR count). The van der Waals surface area contributed by atoms with Crippen molar-refractivity contribution in [2.75, 3.05) is 47.5 Å². The molecule has 0 fully saturated rings. The Bertz CT molecular complexity index is 1220. The molecule has 2 unspecified atom stereocenters. The molecule has 0 heterocycles. The number of quaternary nitrogens is 1. The summed E-state index contributed by atoms with van der Waals surface area (Å²) < 4.78 is 34.3. The topological polar surface area (TPSA) is 108 Å². The van der Waals surface area contributed by atoms with Crippen molar-refractivity contribution in [2.45, 2.75) is 206 Å². The van der Waals surface area contributed by atoms with Gasteiger partial charge in [-0.2, -0.15) is 0 Å². The van der Waals surface area contributed by atoms with Crippen molar-refractivity contribution in [3.05, 3.63) is 60.8 Å². The molecule has 0 radical (unpaired) electrons. The van der Waals surface area contributed by atoms with Crippen LogP contribution in [0.4, 0.5) is 0 Å². The van der Waals surface area contributed by atoms with Crippen LogP contribution in [0.25, 0.3) is 0 Å². The number of phosphoric acid groups is 1. The zero-order chi connectivity index (χ0) is 45.0. The number of unbranched alkanes of at least 4 members (excludes halogenated alkanes) is 20. The van der Waals surface area contributed by atoms with E-state index in [1.54, 1.807) is 0 Å². The fourth-order valence-corrected chi connectivity index (χ4v) is 7.22. The highest BCUT2D eigenvalue weighted by Crippen LogP contribution is 2.43. The van der Waals surface area contributed by atoms with E-state index in [0.717, 1.165) is 89.9 Å². The lowest BCUT2D eigenvalue weighted by atomic mass is 10.0. The van der Waals surface area contributed by atoms with Gasteiger partial charge in [-0.15, -0.1) is 0 Å². The van der Waals surface area contributed by atoms with Crippen molar-refractivity contribution in [2.24, 2.45) is 0 Å². The van der Waals surface area contributed by atoms with E-state index in [1.165, 1.54) is 77.0 Å². The molecule has 0 amide bonds. The predicted octanol–water partition coefficient (Wildman–Crippen LogP) is 14.4. The molecule has 2 atom stereocenters. The summed E-state index contributed by atoms with van der Waals surface area (Å²) in [6.45, 7) is 4.24. The standard InChI is InChI=1S/C51H92NO8P/c1-6-8-10-12-14-16-18-19-20-21-22-23-24-25-26-27-28-29-30-31-32-33-34-36-38-40-42-44-51(54)60-49(48-59-61(55,56)58-46-45-52(3,4)5)47-57-50(53)43-41-39-37-35-17-15-13-11-9-7-2/h8,10-11,13-14,16,19-20,22-23,49H,6-7,9,12,15,17-18,21,24-48H2,1-5H3/p+1/b10-8-,13-11-,16-14-,20-19-,23-22-. The van der Waals surface area contributed by atoms with Gasteiger partial charge in [-0.3, -0.25) is 18.6 Å². The van der Waals surface area contributed by atoms with Gasteiger partial charge < -0.3 is 18.9 Å². The summed E-state index contributed by atoms with van der Waals surface area (Å²) in [7, 11) is 1.47. The first-order chi connectivity index (χ1) is 29.5. The Hall–Kier alpha value is -2.29. The third-order valence-corrected chi connectivity index (χ3v) is 11.2. The van der Waals surface area contributed by atoms with E-state index in [2.05, 4.69) is 74.6 Å². The van der Waals surface area contributed by atoms with Crippen LogP contribution in [0, 0.1) is 0 Å². The van der Waals surface area contributed by atoms with Gasteiger partial charge in [0.1, 0.15) is 19.8 Å². The van der Waals surface area contributed by atoms with E-state index in [9.17, 15) is 19.0 Å². The fourth-order valence-electron chi connectivity index (χ4n) is 6.48. The fraction of sp³-hybridized carbons (Fsp3) is 0.765. The van der Waals surface area contributed by atoms with E-state index in [4.69, 9.17) is 18.5 Å². The lowest BCUT2D eigenvalue weighted by Crippen LogP contribution is -2.37. The minimum absolute atomic E-state index is 0.0290. The number of ether oxygens (including phenoxy) is 2. The van der Waals surface area contributed by atoms with Crippen LogP contribution in [0.2, 0.25) is 0 Å². The second kappa shape index (κ2) is 43.0. The Balaban J connectivity index is 4.13. The van der Waals surface area contributed by atoms with E-state index in [-0.39, 0.29) is 32.0 Å². The normalized spacial score (nSPS) is 14.0. The highest BCUT2D eigenvalue weighted by molar-refractivity contribution is 7.47. The van der Waals surface area contributed by atoms with Crippen LogP contribution in [0.5, 0.6) is 0 Å². The maximum absolute atomic E-state index is 12.7. The van der Waals surface area contributed by atoms with E-state index in [1.807, 2.05) is 21.1 Å². The van der Waals surface area contributed by atoms with Gasteiger partial charge in [0.05, 0.1) is 27.7 Å². The largest absolute Gasteiger partial charge is 0.472 e. The van der Waals surface area contributed by atoms with Crippen LogP contribution in [0.3, 0.4) is 0 Å². The van der Waals surface area contributed by atoms with Gasteiger partial charge in [0.2, 0.25) is 0 Å². The quantitative estimate of drug-likeness (QED) is 0.0212. The first-order valence-corrected chi connectivity index (χ1v) is 26.0. The maximum Gasteiger partial charge on any atom is 0.472 e. The monoisotopic (exact) mass is 879 g/mol. The number of carbonyl (C=O) groups is 2. The molecule has 0 spiro atoms. The van der Waals surface area contributed by atoms with E-state index >= 15 is 0 Å². The molecule has 0 aliphatic heterocycles. The smallest absolute Gasteiger partial charge is 0.462 e. The number of hydrogen-bond acceptors (Lipinski definition) is 7. The van der Waals surface area contributed by atoms with Crippen LogP contribution in [0.1, 0.15) is 200 Å². The summed E-state index contributed by atoms with van der Waals surface area (Å²) in [6.07, 6.45) is 52.9. The Morgan fingerprint density at radius 2 is 0.934 bits per heavy atom. The number of allylic oxidation sites excluding steroid dienone is 10. The van der Waals surface area contributed by atoms with Crippen molar-refractivity contribution in [1.29, 1.82) is 0 Å². The Labute approximate surface area is 375 Å². The SMILES string of the molecule is CC/C=C\C/C=C\C/C=C\C/C=C\CCCCCCCCCCCCCCCCC(=O)OC(COC(=O)CCCCCCC/C=C\CCC)COP(=O)(O)OCC[N+](C)(C)C. The van der Waals surface area contributed by atoms with Crippen LogP contribution < -0.4 is 0 Å². The molecule has 0 bridgehead atoms. The number of hydrogen-bond donors (Lipinski definition) is 1. The summed E-state index contributed by atoms with van der Waals surface area (Å²) in [5.74, 6) is -0.812. The number of esters is 2. The minimum Gasteiger partial charge on any atom is -0.462 e. The Morgan fingerprint density at radius 3 is 1.41 bits per heavy atom. The second-order valence-corrected chi connectivity index (χ2v) is 18.9. The Morgan fingerprint density at radius 1 is 0.525 bits per heavy atom. The zero-order valence-electron chi connectivity index (χ0n) is 39.9. The Kier molecular flexibility index (Phi) is 41.4. The number of carbonyl (C=O) groups excluding carboxylic acids is 2. The van der Waals surface area contributed by atoms with Crippen molar-refractivity contribution in [1.82, 2.24) is 0 Å². The molecule has 61 heavy (non-hydrogen) atoms. The highest BCUT2D eigenvalue weighted by Gasteiger charge is 2.27. The van der Waals surface area contributed by atoms with E-state index in [0.29, 0.717) is 17.4 Å². The van der Waals surface area contributed by atoms with Gasteiger partial charge in [-0.05, 0) is 70.6 Å². The first-order valence-electron chi connectivity index (χ1n) is 24.5. The molecule has 354 valence electrons. The summed E-state index contributed by atoms with van der Waals surface area (Å²) >= 11 is 0. The molecule has 0 saturated heterocycles. The average molecular weight is 879 g/mol. The number of nitrogens with zero attached hydrogens (tertiary/aromatic N) is 1. The van der Waals surface area contributed by atoms with Gasteiger partial charge in [-0.1, -0.05) is 177 Å². The molecule has 9 nitrogen and oxygen atoms in total. The zero-order valence-corrected chi connectivity index (χ0v) is 40.8. The van der Waals surface area contributed by atoms with Gasteiger partial charge in [0.15, 0.2) is 6.10 Å². The predicted molar refractivity (Wildman–Crippen MR) is 256 cm³/mol. The molecular weight excluding hydrogens is 786 g/mol. The summed E-state index contributed by atoms with van der Waals surface area (Å²) in [4.78, 5) is 35.4. The third-order valence-electron chi connectivity index (χ3n) is 10.3. The van der Waals surface area contributed by atoms with Crippen LogP contribution in [0.15, 0.2) is 60.8 Å². The number of rotatable bonds is 44. The number of phosphoric ester groups is 1. The van der Waals surface area contributed by atoms with Crippen molar-refractivity contribution in [3.63, 3.8) is 0 Å². The molecule has 0 saturated carbocycles. The molecule has 0 aromatic carbocycles. The maximum atomic E-state index is 12.7. The van der Waals surface area contributed by atoms with Gasteiger partial charge in [0.25, 0.3) is 0 Å². The van der Waals surface area contributed by atoms with Crippen LogP contribution >= 0.6 is 7.82 Å². The summed E-state index contributed by atoms with van der Waals surface area (Å²) in [6, 6.07) is 0. The second-order valence-electron chi connectivity index (χ2n) is 17.5. The summed E-state index contributed by atoms with van der Waals surface area (Å²) in [5, 5.41) is 0. The number of likely N-dealkylation sites (N-methyl/N-ethyl adjacent to an activating group) is 1. The molecular formula is C51H93NO8P+. The lowest BCUT2D eigenvalue weighted by Gasteiger charge is -2.24. The highest BCUT2D eigenvalue weighted by atomic mass is 31.2. The van der Waals surface area contributed by atoms with Crippen molar-refractivity contribution in [3.8, 4) is 0 Å². The molecule has 1 N–H and O–H groups in total. The average Bonchev–Trinajstić information content (AvgIpc) is 3.21. The molecule has 10 heteroatoms. The minimum atomic E-state index is -4.38. The van der Waals surface area contributed by atoms with Crippen molar-refractivity contribution >= 4 is 19.8 Å². The van der Waals surface area contributed by atoms with E-state index < -0.39 is 26.5 Å². The third kappa shape index (κ3) is 47.0. The molecule has 0 aliphatic rings. The first kappa shape index (κ1) is 58.7. The van der Waals surface area contributed by atoms with Crippen molar-refractivity contribution < 1.29 is 42.1 Å². The van der Waals surface area contributed by atoms with Gasteiger partial charge in [-0.25, -0.2) is 4.57 Å². The molecule has 0 aromatic rings. The van der Waals surface area contributed by atoms with Crippen LogP contribution in [-0.2, 0) is 32.7 Å². The summed E-state index contributed by atoms with van der Waals surface area (Å²) in [5.41, 5.74) is 0. The molecule has 0 aromatic heterocycles. The lowest BCUT2D eigenvalue weighted by molar-refractivity contribution is -0.870. The van der Waals surface area contributed by atoms with Gasteiger partial charge >= 0.3 is 19.8 Å². The molecule has 0 aliphatic carbocycles. The van der Waals surface area contributed by atoms with Crippen LogP contribution in [-0.4, -0.2) is 74.9 Å².